The van der Waals surface area contributed by atoms with Crippen molar-refractivity contribution in [2.75, 3.05) is 0 Å². The van der Waals surface area contributed by atoms with Gasteiger partial charge in [0.25, 0.3) is 0 Å². The molecule has 0 amide bonds. The Hall–Kier alpha value is -7.82. The van der Waals surface area contributed by atoms with Crippen LogP contribution in [0.15, 0.2) is 203 Å². The molecular weight excluding hydrogens is 721 g/mol. The molecule has 11 aromatic rings. The van der Waals surface area contributed by atoms with Gasteiger partial charge in [0, 0.05) is 11.1 Å². The summed E-state index contributed by atoms with van der Waals surface area (Å²) in [5.74, 6) is 1.10. The third-order valence-corrected chi connectivity index (χ3v) is 12.5. The van der Waals surface area contributed by atoms with Crippen LogP contribution in [0, 0.1) is 0 Å². The van der Waals surface area contributed by atoms with E-state index < -0.39 is 5.41 Å². The second-order valence-electron chi connectivity index (χ2n) is 15.7. The number of aromatic nitrogens is 2. The molecule has 4 nitrogen and oxygen atoms in total. The van der Waals surface area contributed by atoms with Crippen LogP contribution < -0.4 is 0 Å². The number of hydrogen-bond donors (Lipinski definition) is 0. The molecule has 2 aliphatic carbocycles. The van der Waals surface area contributed by atoms with Crippen LogP contribution >= 0.6 is 0 Å². The first-order valence-electron chi connectivity index (χ1n) is 20.0. The summed E-state index contributed by atoms with van der Waals surface area (Å²) in [6.45, 7) is 0. The summed E-state index contributed by atoms with van der Waals surface area (Å²) in [4.78, 5) is 9.84. The quantitative estimate of drug-likeness (QED) is 0.180. The van der Waals surface area contributed by atoms with Crippen molar-refractivity contribution < 1.29 is 8.83 Å². The van der Waals surface area contributed by atoms with Gasteiger partial charge >= 0.3 is 0 Å². The summed E-state index contributed by atoms with van der Waals surface area (Å²) in [6.07, 6.45) is 0. The molecule has 0 fully saturated rings. The predicted molar refractivity (Wildman–Crippen MR) is 237 cm³/mol. The normalized spacial score (nSPS) is 13.2. The summed E-state index contributed by atoms with van der Waals surface area (Å²) < 4.78 is 12.8. The largest absolute Gasteiger partial charge is 0.436 e. The van der Waals surface area contributed by atoms with Crippen molar-refractivity contribution >= 4 is 33.0 Å². The zero-order valence-electron chi connectivity index (χ0n) is 31.7. The Morgan fingerprint density at radius 1 is 0.322 bits per heavy atom. The summed E-state index contributed by atoms with van der Waals surface area (Å²) in [6, 6.07) is 69.6. The number of oxazole rings is 2. The van der Waals surface area contributed by atoms with E-state index in [1.54, 1.807) is 0 Å². The molecule has 0 saturated heterocycles. The van der Waals surface area contributed by atoms with Gasteiger partial charge in [-0.3, -0.25) is 0 Å². The average molecular weight is 753 g/mol. The van der Waals surface area contributed by atoms with Crippen molar-refractivity contribution in [3.05, 3.63) is 216 Å². The fourth-order valence-electron chi connectivity index (χ4n) is 10.0. The SMILES string of the molecule is c1ccc2c(c1)-c1ccccc1C21c2ccccc2-c2ccc(-c3cc(-c4cc(-c5nc6ccccc6o5)cc(-c5nc6ccccc6o5)c4)c4ccccc4c3)cc21. The zero-order chi connectivity index (χ0) is 38.7. The highest BCUT2D eigenvalue weighted by molar-refractivity contribution is 6.02. The van der Waals surface area contributed by atoms with Gasteiger partial charge < -0.3 is 8.83 Å². The van der Waals surface area contributed by atoms with Gasteiger partial charge in [-0.2, -0.15) is 0 Å². The topological polar surface area (TPSA) is 52.1 Å². The molecule has 2 aliphatic rings. The maximum absolute atomic E-state index is 6.38. The van der Waals surface area contributed by atoms with Gasteiger partial charge in [0.2, 0.25) is 11.8 Å². The second kappa shape index (κ2) is 12.1. The van der Waals surface area contributed by atoms with E-state index in [4.69, 9.17) is 18.8 Å². The highest BCUT2D eigenvalue weighted by Gasteiger charge is 2.51. The van der Waals surface area contributed by atoms with Gasteiger partial charge in [-0.25, -0.2) is 9.97 Å². The molecule has 0 saturated carbocycles. The van der Waals surface area contributed by atoms with Crippen LogP contribution in [0.2, 0.25) is 0 Å². The number of para-hydroxylation sites is 4. The summed E-state index contributed by atoms with van der Waals surface area (Å²) >= 11 is 0. The van der Waals surface area contributed by atoms with E-state index in [9.17, 15) is 0 Å². The van der Waals surface area contributed by atoms with Crippen molar-refractivity contribution in [2.45, 2.75) is 5.41 Å². The fraction of sp³-hybridized carbons (Fsp3) is 0.0182. The lowest BCUT2D eigenvalue weighted by molar-refractivity contribution is 0.617. The monoisotopic (exact) mass is 752 g/mol. The molecule has 0 aliphatic heterocycles. The predicted octanol–water partition coefficient (Wildman–Crippen LogP) is 14.1. The van der Waals surface area contributed by atoms with Crippen molar-refractivity contribution in [3.63, 3.8) is 0 Å². The van der Waals surface area contributed by atoms with Crippen LogP contribution in [0.4, 0.5) is 0 Å². The van der Waals surface area contributed by atoms with Gasteiger partial charge in [-0.1, -0.05) is 133 Å². The van der Waals surface area contributed by atoms with Crippen LogP contribution in [0.25, 0.3) is 100 Å². The molecule has 2 aromatic heterocycles. The lowest BCUT2D eigenvalue weighted by Gasteiger charge is -2.30. The number of hydrogen-bond acceptors (Lipinski definition) is 4. The number of rotatable bonds is 4. The van der Waals surface area contributed by atoms with Crippen molar-refractivity contribution in [3.8, 4) is 67.4 Å². The summed E-state index contributed by atoms with van der Waals surface area (Å²) in [7, 11) is 0. The zero-order valence-corrected chi connectivity index (χ0v) is 31.7. The van der Waals surface area contributed by atoms with Crippen molar-refractivity contribution in [1.82, 2.24) is 9.97 Å². The van der Waals surface area contributed by atoms with Crippen LogP contribution in [-0.4, -0.2) is 9.97 Å². The van der Waals surface area contributed by atoms with Gasteiger partial charge in [0.05, 0.1) is 5.41 Å². The third kappa shape index (κ3) is 4.60. The molecular formula is C55H32N2O2. The Morgan fingerprint density at radius 2 is 0.814 bits per heavy atom. The molecule has 9 aromatic carbocycles. The van der Waals surface area contributed by atoms with E-state index in [0.717, 1.165) is 60.8 Å². The Balaban J connectivity index is 1.04. The van der Waals surface area contributed by atoms with Crippen molar-refractivity contribution in [1.29, 1.82) is 0 Å². The minimum Gasteiger partial charge on any atom is -0.436 e. The van der Waals surface area contributed by atoms with E-state index in [2.05, 4.69) is 146 Å². The highest BCUT2D eigenvalue weighted by Crippen LogP contribution is 2.63. The van der Waals surface area contributed by atoms with Gasteiger partial charge in [-0.05, 0) is 138 Å². The first kappa shape index (κ1) is 32.3. The molecule has 13 rings (SSSR count). The smallest absolute Gasteiger partial charge is 0.227 e. The molecule has 4 heteroatoms. The van der Waals surface area contributed by atoms with Crippen LogP contribution in [0.3, 0.4) is 0 Å². The van der Waals surface area contributed by atoms with E-state index >= 15 is 0 Å². The molecule has 274 valence electrons. The second-order valence-corrected chi connectivity index (χ2v) is 15.7. The van der Waals surface area contributed by atoms with E-state index in [0.29, 0.717) is 11.8 Å². The highest BCUT2D eigenvalue weighted by atomic mass is 16.4. The Bertz CT molecular complexity index is 3310. The Labute approximate surface area is 339 Å². The van der Waals surface area contributed by atoms with E-state index in [-0.39, 0.29) is 0 Å². The van der Waals surface area contributed by atoms with E-state index in [1.165, 1.54) is 50.1 Å². The Kier molecular flexibility index (Phi) is 6.62. The summed E-state index contributed by atoms with van der Waals surface area (Å²) in [5, 5.41) is 2.31. The van der Waals surface area contributed by atoms with Gasteiger partial charge in [0.15, 0.2) is 11.2 Å². The maximum atomic E-state index is 6.38. The first-order valence-corrected chi connectivity index (χ1v) is 20.0. The minimum atomic E-state index is -0.419. The van der Waals surface area contributed by atoms with Gasteiger partial charge in [0.1, 0.15) is 11.0 Å². The number of benzene rings is 9. The van der Waals surface area contributed by atoms with E-state index in [1.807, 2.05) is 48.5 Å². The Morgan fingerprint density at radius 3 is 1.41 bits per heavy atom. The fourth-order valence-corrected chi connectivity index (χ4v) is 10.0. The van der Waals surface area contributed by atoms with Gasteiger partial charge in [-0.15, -0.1) is 0 Å². The molecule has 0 bridgehead atoms. The molecule has 2 heterocycles. The standard InChI is InChI=1S/C55H32N2O2/c1-2-14-39-34(13-1)27-35(33-25-26-43-42-17-5-8-20-47(42)55(48(43)32-33)45-18-6-3-15-40(45)41-16-4-7-19-46(41)55)31-44(39)36-28-37(53-56-49-21-9-11-23-51(49)58-53)30-38(29-36)54-57-50-22-10-12-24-52(50)59-54/h1-32H. The molecule has 59 heavy (non-hydrogen) atoms. The average Bonchev–Trinajstić information content (AvgIpc) is 4.07. The number of nitrogens with zero attached hydrogens (tertiary/aromatic N) is 2. The molecule has 0 unspecified atom stereocenters. The molecule has 1 spiro atoms. The van der Waals surface area contributed by atoms with Crippen LogP contribution in [0.5, 0.6) is 0 Å². The van der Waals surface area contributed by atoms with Crippen molar-refractivity contribution in [2.24, 2.45) is 0 Å². The first-order chi connectivity index (χ1) is 29.2. The lowest BCUT2D eigenvalue weighted by atomic mass is 9.70. The summed E-state index contributed by atoms with van der Waals surface area (Å²) in [5.41, 5.74) is 19.3. The molecule has 0 atom stereocenters. The third-order valence-electron chi connectivity index (χ3n) is 12.5. The maximum Gasteiger partial charge on any atom is 0.227 e. The number of fused-ring (bicyclic) bond motifs is 13. The minimum absolute atomic E-state index is 0.419. The van der Waals surface area contributed by atoms with Crippen LogP contribution in [0.1, 0.15) is 22.3 Å². The molecule has 0 N–H and O–H groups in total. The lowest BCUT2D eigenvalue weighted by Crippen LogP contribution is -2.25. The van der Waals surface area contributed by atoms with Crippen LogP contribution in [-0.2, 0) is 5.41 Å². The molecule has 0 radical (unpaired) electrons.